The summed E-state index contributed by atoms with van der Waals surface area (Å²) in [6.45, 7) is 9.32. The van der Waals surface area contributed by atoms with E-state index in [1.807, 2.05) is 0 Å². The van der Waals surface area contributed by atoms with Crippen LogP contribution in [-0.4, -0.2) is 0 Å². The van der Waals surface area contributed by atoms with Gasteiger partial charge in [0.2, 0.25) is 0 Å². The van der Waals surface area contributed by atoms with Crippen molar-refractivity contribution in [3.63, 3.8) is 0 Å². The second kappa shape index (κ2) is 5.76. The van der Waals surface area contributed by atoms with Crippen LogP contribution < -0.4 is 0 Å². The lowest BCUT2D eigenvalue weighted by Gasteiger charge is -2.35. The average Bonchev–Trinajstić information content (AvgIpc) is 2.53. The Morgan fingerprint density at radius 3 is 2.46 bits per heavy atom. The molecule has 0 aliphatic heterocycles. The highest BCUT2D eigenvalue weighted by atomic mass is 14.3. The molecule has 2 aliphatic rings. The normalized spacial score (nSPS) is 21.9. The highest BCUT2D eigenvalue weighted by Crippen LogP contribution is 2.41. The fourth-order valence-corrected chi connectivity index (χ4v) is 5.07. The molecular formula is C24H30. The SMILES string of the molecule is Cc1ccc(C2CCc3c(ccc4c3CCC(C)(C)C4)C2)c(C)c1. The fourth-order valence-electron chi connectivity index (χ4n) is 5.07. The summed E-state index contributed by atoms with van der Waals surface area (Å²) in [5.41, 5.74) is 11.6. The lowest BCUT2D eigenvalue weighted by atomic mass is 9.69. The summed E-state index contributed by atoms with van der Waals surface area (Å²) in [6, 6.07) is 11.9. The van der Waals surface area contributed by atoms with Crippen LogP contribution in [0.1, 0.15) is 71.6 Å². The van der Waals surface area contributed by atoms with E-state index in [-0.39, 0.29) is 0 Å². The van der Waals surface area contributed by atoms with E-state index in [1.54, 1.807) is 27.8 Å². The molecule has 2 aromatic rings. The van der Waals surface area contributed by atoms with Crippen LogP contribution >= 0.6 is 0 Å². The fraction of sp³-hybridized carbons (Fsp3) is 0.500. The topological polar surface area (TPSA) is 0 Å². The molecule has 0 spiro atoms. The Morgan fingerprint density at radius 1 is 0.917 bits per heavy atom. The number of hydrogen-bond acceptors (Lipinski definition) is 0. The Kier molecular flexibility index (Phi) is 3.82. The largest absolute Gasteiger partial charge is 0.0596 e. The molecular weight excluding hydrogens is 288 g/mol. The van der Waals surface area contributed by atoms with E-state index in [4.69, 9.17) is 0 Å². The number of rotatable bonds is 1. The van der Waals surface area contributed by atoms with E-state index in [0.29, 0.717) is 11.3 Å². The molecule has 4 rings (SSSR count). The van der Waals surface area contributed by atoms with E-state index in [0.717, 1.165) is 0 Å². The number of aryl methyl sites for hydroxylation is 2. The van der Waals surface area contributed by atoms with Gasteiger partial charge in [-0.1, -0.05) is 49.7 Å². The van der Waals surface area contributed by atoms with Gasteiger partial charge in [-0.15, -0.1) is 0 Å². The van der Waals surface area contributed by atoms with Crippen LogP contribution in [0.2, 0.25) is 0 Å². The Hall–Kier alpha value is -1.56. The lowest BCUT2D eigenvalue weighted by molar-refractivity contribution is 0.314. The third-order valence-corrected chi connectivity index (χ3v) is 6.42. The van der Waals surface area contributed by atoms with E-state index in [1.165, 1.54) is 49.7 Å². The van der Waals surface area contributed by atoms with E-state index in [9.17, 15) is 0 Å². The molecule has 1 atom stereocenters. The minimum Gasteiger partial charge on any atom is -0.0596 e. The minimum atomic E-state index is 0.484. The number of hydrogen-bond donors (Lipinski definition) is 0. The summed E-state index contributed by atoms with van der Waals surface area (Å²) in [7, 11) is 0. The highest BCUT2D eigenvalue weighted by molar-refractivity contribution is 5.46. The van der Waals surface area contributed by atoms with Gasteiger partial charge in [-0.2, -0.15) is 0 Å². The third-order valence-electron chi connectivity index (χ3n) is 6.42. The zero-order valence-electron chi connectivity index (χ0n) is 15.7. The first kappa shape index (κ1) is 15.9. The molecule has 24 heavy (non-hydrogen) atoms. The minimum absolute atomic E-state index is 0.484. The van der Waals surface area contributed by atoms with Crippen molar-refractivity contribution >= 4 is 0 Å². The van der Waals surface area contributed by atoms with Crippen molar-refractivity contribution in [1.29, 1.82) is 0 Å². The summed E-state index contributed by atoms with van der Waals surface area (Å²) in [6.07, 6.45) is 7.72. The standard InChI is InChI=1S/C24H30/c1-16-5-9-21(17(2)13-16)18-8-10-22-19(14-18)6-7-20-15-24(3,4)12-11-23(20)22/h5-7,9,13,18H,8,10-12,14-15H2,1-4H3. The van der Waals surface area contributed by atoms with E-state index >= 15 is 0 Å². The highest BCUT2D eigenvalue weighted by Gasteiger charge is 2.30. The molecule has 0 saturated carbocycles. The molecule has 0 bridgehead atoms. The van der Waals surface area contributed by atoms with Gasteiger partial charge >= 0.3 is 0 Å². The van der Waals surface area contributed by atoms with Crippen molar-refractivity contribution in [3.05, 3.63) is 69.3 Å². The maximum atomic E-state index is 2.45. The van der Waals surface area contributed by atoms with Crippen molar-refractivity contribution in [2.45, 2.75) is 72.1 Å². The van der Waals surface area contributed by atoms with Crippen LogP contribution in [0.4, 0.5) is 0 Å². The van der Waals surface area contributed by atoms with Gasteiger partial charge in [0.1, 0.15) is 0 Å². The van der Waals surface area contributed by atoms with Gasteiger partial charge < -0.3 is 0 Å². The summed E-state index contributed by atoms with van der Waals surface area (Å²) in [5.74, 6) is 0.705. The quantitative estimate of drug-likeness (QED) is 0.597. The van der Waals surface area contributed by atoms with Crippen LogP contribution in [0.5, 0.6) is 0 Å². The van der Waals surface area contributed by atoms with Crippen LogP contribution in [0, 0.1) is 19.3 Å². The summed E-state index contributed by atoms with van der Waals surface area (Å²) in [4.78, 5) is 0. The average molecular weight is 319 g/mol. The van der Waals surface area contributed by atoms with Crippen LogP contribution in [0.25, 0.3) is 0 Å². The number of fused-ring (bicyclic) bond motifs is 3. The zero-order valence-corrected chi connectivity index (χ0v) is 15.7. The summed E-state index contributed by atoms with van der Waals surface area (Å²) < 4.78 is 0. The van der Waals surface area contributed by atoms with Gasteiger partial charge in [-0.05, 0) is 97.1 Å². The Morgan fingerprint density at radius 2 is 1.67 bits per heavy atom. The van der Waals surface area contributed by atoms with Crippen molar-refractivity contribution in [2.75, 3.05) is 0 Å². The second-order valence-electron chi connectivity index (χ2n) is 8.98. The number of benzene rings is 2. The maximum Gasteiger partial charge on any atom is -0.0116 e. The van der Waals surface area contributed by atoms with E-state index < -0.39 is 0 Å². The molecule has 0 nitrogen and oxygen atoms in total. The maximum absolute atomic E-state index is 2.45. The van der Waals surface area contributed by atoms with Gasteiger partial charge in [0.05, 0.1) is 0 Å². The second-order valence-corrected chi connectivity index (χ2v) is 8.98. The van der Waals surface area contributed by atoms with Crippen LogP contribution in [-0.2, 0) is 25.7 Å². The zero-order chi connectivity index (χ0) is 16.9. The Labute approximate surface area is 147 Å². The molecule has 0 radical (unpaired) electrons. The van der Waals surface area contributed by atoms with E-state index in [2.05, 4.69) is 58.0 Å². The van der Waals surface area contributed by atoms with Crippen LogP contribution in [0.15, 0.2) is 30.3 Å². The molecule has 0 amide bonds. The predicted molar refractivity (Wildman–Crippen MR) is 103 cm³/mol. The van der Waals surface area contributed by atoms with Crippen molar-refractivity contribution in [2.24, 2.45) is 5.41 Å². The molecule has 2 aromatic carbocycles. The first-order valence-corrected chi connectivity index (χ1v) is 9.63. The van der Waals surface area contributed by atoms with Crippen LogP contribution in [0.3, 0.4) is 0 Å². The monoisotopic (exact) mass is 318 g/mol. The molecule has 1 unspecified atom stereocenters. The molecule has 0 saturated heterocycles. The first-order valence-electron chi connectivity index (χ1n) is 9.63. The first-order chi connectivity index (χ1) is 11.4. The van der Waals surface area contributed by atoms with Crippen molar-refractivity contribution in [3.8, 4) is 0 Å². The Bertz CT molecular complexity index is 779. The molecule has 0 heterocycles. The smallest absolute Gasteiger partial charge is 0.0116 e. The van der Waals surface area contributed by atoms with Gasteiger partial charge in [0.25, 0.3) is 0 Å². The lowest BCUT2D eigenvalue weighted by Crippen LogP contribution is -2.25. The summed E-state index contributed by atoms with van der Waals surface area (Å²) >= 11 is 0. The third kappa shape index (κ3) is 2.81. The molecule has 126 valence electrons. The molecule has 0 heteroatoms. The molecule has 0 aromatic heterocycles. The predicted octanol–water partition coefficient (Wildman–Crippen LogP) is 6.09. The molecule has 2 aliphatic carbocycles. The van der Waals surface area contributed by atoms with Gasteiger partial charge in [-0.3, -0.25) is 0 Å². The molecule has 0 fully saturated rings. The summed E-state index contributed by atoms with van der Waals surface area (Å²) in [5, 5.41) is 0. The van der Waals surface area contributed by atoms with Crippen molar-refractivity contribution < 1.29 is 0 Å². The van der Waals surface area contributed by atoms with Crippen molar-refractivity contribution in [1.82, 2.24) is 0 Å². The Balaban J connectivity index is 1.65. The molecule has 0 N–H and O–H groups in total. The van der Waals surface area contributed by atoms with Gasteiger partial charge in [0.15, 0.2) is 0 Å². The van der Waals surface area contributed by atoms with Gasteiger partial charge in [0, 0.05) is 0 Å². The van der Waals surface area contributed by atoms with Gasteiger partial charge in [-0.25, -0.2) is 0 Å².